The fourth-order valence-corrected chi connectivity index (χ4v) is 3.64. The van der Waals surface area contributed by atoms with E-state index in [1.165, 1.54) is 0 Å². The van der Waals surface area contributed by atoms with Gasteiger partial charge in [-0.15, -0.1) is 0 Å². The van der Waals surface area contributed by atoms with E-state index >= 15 is 0 Å². The number of halogens is 1. The van der Waals surface area contributed by atoms with Crippen LogP contribution in [-0.4, -0.2) is 47.5 Å². The Kier molecular flexibility index (Phi) is 4.49. The number of carbonyl (C=O) groups excluding carboxylic acids is 2. The van der Waals surface area contributed by atoms with Gasteiger partial charge in [-0.25, -0.2) is 0 Å². The third kappa shape index (κ3) is 3.10. The number of carboxylic acids is 1. The SMILES string of the molecule is CC1CN(C(=O)c2cc3c(cc2Br)NC(=O)CO3)CCC1C(=O)O. The van der Waals surface area contributed by atoms with Crippen LogP contribution in [0.5, 0.6) is 5.75 Å². The smallest absolute Gasteiger partial charge is 0.306 e. The van der Waals surface area contributed by atoms with E-state index in [0.717, 1.165) is 0 Å². The van der Waals surface area contributed by atoms with Crippen molar-refractivity contribution in [3.63, 3.8) is 0 Å². The number of carbonyl (C=O) groups is 3. The van der Waals surface area contributed by atoms with Crippen molar-refractivity contribution < 1.29 is 24.2 Å². The zero-order chi connectivity index (χ0) is 17.4. The lowest BCUT2D eigenvalue weighted by molar-refractivity contribution is -0.145. The number of ether oxygens (including phenoxy) is 1. The summed E-state index contributed by atoms with van der Waals surface area (Å²) < 4.78 is 5.92. The van der Waals surface area contributed by atoms with Crippen molar-refractivity contribution in [3.8, 4) is 5.75 Å². The Morgan fingerprint density at radius 2 is 2.17 bits per heavy atom. The molecule has 24 heavy (non-hydrogen) atoms. The monoisotopic (exact) mass is 396 g/mol. The zero-order valence-electron chi connectivity index (χ0n) is 13.0. The van der Waals surface area contributed by atoms with Gasteiger partial charge in [-0.2, -0.15) is 0 Å². The maximum absolute atomic E-state index is 12.8. The highest BCUT2D eigenvalue weighted by molar-refractivity contribution is 9.10. The fraction of sp³-hybridized carbons (Fsp3) is 0.438. The largest absolute Gasteiger partial charge is 0.482 e. The molecule has 2 unspecified atom stereocenters. The molecule has 0 radical (unpaired) electrons. The minimum Gasteiger partial charge on any atom is -0.482 e. The lowest BCUT2D eigenvalue weighted by Crippen LogP contribution is -2.45. The molecule has 2 amide bonds. The van der Waals surface area contributed by atoms with E-state index in [4.69, 9.17) is 4.74 Å². The van der Waals surface area contributed by atoms with Gasteiger partial charge in [0.05, 0.1) is 17.2 Å². The Balaban J connectivity index is 1.81. The van der Waals surface area contributed by atoms with Gasteiger partial charge in [0.25, 0.3) is 11.8 Å². The van der Waals surface area contributed by atoms with Crippen LogP contribution in [0.25, 0.3) is 0 Å². The second kappa shape index (κ2) is 6.43. The van der Waals surface area contributed by atoms with Crippen molar-refractivity contribution in [2.24, 2.45) is 11.8 Å². The van der Waals surface area contributed by atoms with Crippen molar-refractivity contribution in [1.82, 2.24) is 4.90 Å². The summed E-state index contributed by atoms with van der Waals surface area (Å²) in [5.41, 5.74) is 0.957. The summed E-state index contributed by atoms with van der Waals surface area (Å²) >= 11 is 3.36. The number of anilines is 1. The number of benzene rings is 1. The number of carboxylic acid groups (broad SMARTS) is 1. The molecule has 1 saturated heterocycles. The van der Waals surface area contributed by atoms with Gasteiger partial charge in [-0.05, 0) is 40.4 Å². The molecule has 2 N–H and O–H groups in total. The molecule has 0 bridgehead atoms. The van der Waals surface area contributed by atoms with Crippen molar-refractivity contribution in [2.75, 3.05) is 25.0 Å². The molecule has 0 aromatic heterocycles. The van der Waals surface area contributed by atoms with Gasteiger partial charge < -0.3 is 20.1 Å². The Morgan fingerprint density at radius 1 is 1.42 bits per heavy atom. The van der Waals surface area contributed by atoms with E-state index in [9.17, 15) is 19.5 Å². The first-order valence-electron chi connectivity index (χ1n) is 7.65. The molecule has 2 aliphatic rings. The van der Waals surface area contributed by atoms with Crippen molar-refractivity contribution >= 4 is 39.4 Å². The molecule has 8 heteroatoms. The van der Waals surface area contributed by atoms with Crippen molar-refractivity contribution in [3.05, 3.63) is 22.2 Å². The number of hydrogen-bond donors (Lipinski definition) is 2. The first-order chi connectivity index (χ1) is 11.4. The molecule has 3 rings (SSSR count). The van der Waals surface area contributed by atoms with Gasteiger partial charge in [0.1, 0.15) is 5.75 Å². The van der Waals surface area contributed by atoms with Crippen LogP contribution in [0.15, 0.2) is 16.6 Å². The summed E-state index contributed by atoms with van der Waals surface area (Å²) in [6.45, 7) is 2.57. The standard InChI is InChI=1S/C16H17BrN2O5/c1-8-6-19(3-2-9(8)16(22)23)15(21)10-4-13-12(5-11(10)17)18-14(20)7-24-13/h4-5,8-9H,2-3,6-7H2,1H3,(H,18,20)(H,22,23). The van der Waals surface area contributed by atoms with Gasteiger partial charge >= 0.3 is 5.97 Å². The summed E-state index contributed by atoms with van der Waals surface area (Å²) in [7, 11) is 0. The van der Waals surface area contributed by atoms with Gasteiger partial charge in [0.15, 0.2) is 6.61 Å². The van der Waals surface area contributed by atoms with E-state index in [1.54, 1.807) is 17.0 Å². The van der Waals surface area contributed by atoms with E-state index in [1.807, 2.05) is 6.92 Å². The van der Waals surface area contributed by atoms with Crippen LogP contribution in [0.3, 0.4) is 0 Å². The Hall–Kier alpha value is -2.09. The van der Waals surface area contributed by atoms with Crippen LogP contribution >= 0.6 is 15.9 Å². The molecule has 2 atom stereocenters. The Morgan fingerprint density at radius 3 is 2.83 bits per heavy atom. The molecule has 128 valence electrons. The van der Waals surface area contributed by atoms with Crippen molar-refractivity contribution in [2.45, 2.75) is 13.3 Å². The number of nitrogens with one attached hydrogen (secondary N) is 1. The third-order valence-electron chi connectivity index (χ3n) is 4.44. The van der Waals surface area contributed by atoms with Gasteiger partial charge in [0, 0.05) is 17.6 Å². The topological polar surface area (TPSA) is 95.9 Å². The number of fused-ring (bicyclic) bond motifs is 1. The molecule has 0 spiro atoms. The molecular weight excluding hydrogens is 380 g/mol. The van der Waals surface area contributed by atoms with Crippen LogP contribution < -0.4 is 10.1 Å². The van der Waals surface area contributed by atoms with Gasteiger partial charge in [0.2, 0.25) is 0 Å². The van der Waals surface area contributed by atoms with Crippen LogP contribution in [-0.2, 0) is 9.59 Å². The predicted octanol–water partition coefficient (Wildman–Crippen LogP) is 1.96. The molecule has 7 nitrogen and oxygen atoms in total. The summed E-state index contributed by atoms with van der Waals surface area (Å²) in [4.78, 5) is 37.0. The highest BCUT2D eigenvalue weighted by Crippen LogP contribution is 2.35. The zero-order valence-corrected chi connectivity index (χ0v) is 14.6. The highest BCUT2D eigenvalue weighted by atomic mass is 79.9. The lowest BCUT2D eigenvalue weighted by Gasteiger charge is -2.35. The molecule has 2 aliphatic heterocycles. The van der Waals surface area contributed by atoms with E-state index < -0.39 is 11.9 Å². The predicted molar refractivity (Wildman–Crippen MR) is 89.1 cm³/mol. The number of amides is 2. The second-order valence-corrected chi connectivity index (χ2v) is 6.98. The average Bonchev–Trinajstić information content (AvgIpc) is 2.53. The van der Waals surface area contributed by atoms with Crippen LogP contribution in [0.4, 0.5) is 5.69 Å². The van der Waals surface area contributed by atoms with Crippen molar-refractivity contribution in [1.29, 1.82) is 0 Å². The lowest BCUT2D eigenvalue weighted by atomic mass is 9.87. The number of piperidine rings is 1. The molecule has 0 saturated carbocycles. The van der Waals surface area contributed by atoms with E-state index in [0.29, 0.717) is 41.0 Å². The number of rotatable bonds is 2. The van der Waals surface area contributed by atoms with Crippen LogP contribution in [0, 0.1) is 11.8 Å². The maximum atomic E-state index is 12.8. The van der Waals surface area contributed by atoms with Gasteiger partial charge in [-0.1, -0.05) is 6.92 Å². The average molecular weight is 397 g/mol. The fourth-order valence-electron chi connectivity index (χ4n) is 3.13. The normalized spacial score (nSPS) is 23.1. The van der Waals surface area contributed by atoms with Gasteiger partial charge in [-0.3, -0.25) is 14.4 Å². The quantitative estimate of drug-likeness (QED) is 0.796. The van der Waals surface area contributed by atoms with Crippen LogP contribution in [0.2, 0.25) is 0 Å². The molecule has 1 aromatic carbocycles. The second-order valence-electron chi connectivity index (χ2n) is 6.13. The first-order valence-corrected chi connectivity index (χ1v) is 8.44. The first kappa shape index (κ1) is 16.8. The summed E-state index contributed by atoms with van der Waals surface area (Å²) in [5.74, 6) is -1.30. The van der Waals surface area contributed by atoms with E-state index in [2.05, 4.69) is 21.2 Å². The maximum Gasteiger partial charge on any atom is 0.306 e. The molecule has 1 aromatic rings. The molecular formula is C16H17BrN2O5. The highest BCUT2D eigenvalue weighted by Gasteiger charge is 2.34. The summed E-state index contributed by atoms with van der Waals surface area (Å²) in [5, 5.41) is 11.9. The molecule has 0 aliphatic carbocycles. The van der Waals surface area contributed by atoms with Crippen LogP contribution in [0.1, 0.15) is 23.7 Å². The summed E-state index contributed by atoms with van der Waals surface area (Å²) in [6.07, 6.45) is 0.442. The minimum atomic E-state index is -0.811. The number of aliphatic carboxylic acids is 1. The third-order valence-corrected chi connectivity index (χ3v) is 5.10. The number of hydrogen-bond acceptors (Lipinski definition) is 4. The van der Waals surface area contributed by atoms with E-state index in [-0.39, 0.29) is 24.3 Å². The minimum absolute atomic E-state index is 0.0801. The Labute approximate surface area is 147 Å². The number of nitrogens with zero attached hydrogens (tertiary/aromatic N) is 1. The summed E-state index contributed by atoms with van der Waals surface area (Å²) in [6, 6.07) is 3.25. The number of likely N-dealkylation sites (tertiary alicyclic amines) is 1. The molecule has 1 fully saturated rings. The molecule has 2 heterocycles. The Bertz CT molecular complexity index is 721.